The highest BCUT2D eigenvalue weighted by Gasteiger charge is 2.30. The normalized spacial score (nSPS) is 16.1. The Kier molecular flexibility index (Phi) is 5.33. The third-order valence-electron chi connectivity index (χ3n) is 4.49. The molecular weight excluding hydrogens is 383 g/mol. The minimum absolute atomic E-state index is 0.00684. The summed E-state index contributed by atoms with van der Waals surface area (Å²) in [6.45, 7) is -0.0624. The Morgan fingerprint density at radius 3 is 2.67 bits per heavy atom. The van der Waals surface area contributed by atoms with Crippen LogP contribution < -0.4 is 26.4 Å². The molecule has 1 fully saturated rings. The van der Waals surface area contributed by atoms with Crippen molar-refractivity contribution in [1.82, 2.24) is 10.3 Å². The maximum Gasteiger partial charge on any atom is 0.422 e. The fourth-order valence-corrected chi connectivity index (χ4v) is 4.05. The molecule has 1 aliphatic heterocycles. The Balaban J connectivity index is 2.01. The number of halogens is 3. The number of carbonyl (C=O) groups excluding carboxylic acids is 1. The number of nitrogens with two attached hydrogens (primary N) is 2. The molecule has 0 saturated carbocycles. The van der Waals surface area contributed by atoms with E-state index in [4.69, 9.17) is 16.2 Å². The molecule has 5 N–H and O–H groups in total. The van der Waals surface area contributed by atoms with E-state index in [1.165, 1.54) is 6.07 Å². The standard InChI is InChI=1S/C16H20F3N5O2S/c1-22-8-2-4-24(5-3-8)10-6-9(26-7-16(17,18)19)11-12(20)13(14(21)25)27-15(11)23-10/h6,8,22H,2-5,7,20H2,1H3,(H2,21,25). The molecule has 0 radical (unpaired) electrons. The number of nitrogens with zero attached hydrogens (tertiary/aromatic N) is 2. The van der Waals surface area contributed by atoms with Crippen molar-refractivity contribution >= 4 is 39.0 Å². The van der Waals surface area contributed by atoms with E-state index in [0.29, 0.717) is 29.8 Å². The highest BCUT2D eigenvalue weighted by Crippen LogP contribution is 2.41. The van der Waals surface area contributed by atoms with Gasteiger partial charge in [0.15, 0.2) is 6.61 Å². The largest absolute Gasteiger partial charge is 0.483 e. The van der Waals surface area contributed by atoms with Gasteiger partial charge in [0.2, 0.25) is 0 Å². The van der Waals surface area contributed by atoms with Gasteiger partial charge in [0.05, 0.1) is 11.1 Å². The van der Waals surface area contributed by atoms with Crippen LogP contribution in [0, 0.1) is 0 Å². The Hall–Kier alpha value is -2.27. The minimum atomic E-state index is -4.50. The van der Waals surface area contributed by atoms with E-state index in [-0.39, 0.29) is 21.7 Å². The molecule has 3 rings (SSSR count). The van der Waals surface area contributed by atoms with Crippen LogP contribution in [0.2, 0.25) is 0 Å². The molecule has 27 heavy (non-hydrogen) atoms. The Morgan fingerprint density at radius 2 is 2.11 bits per heavy atom. The zero-order chi connectivity index (χ0) is 19.8. The van der Waals surface area contributed by atoms with Crippen molar-refractivity contribution in [3.8, 4) is 5.75 Å². The number of anilines is 2. The predicted molar refractivity (Wildman–Crippen MR) is 98.4 cm³/mol. The van der Waals surface area contributed by atoms with Gasteiger partial charge >= 0.3 is 6.18 Å². The summed E-state index contributed by atoms with van der Waals surface area (Å²) in [6.07, 6.45) is -2.74. The van der Waals surface area contributed by atoms with E-state index in [9.17, 15) is 18.0 Å². The van der Waals surface area contributed by atoms with Crippen molar-refractivity contribution in [3.05, 3.63) is 10.9 Å². The van der Waals surface area contributed by atoms with E-state index < -0.39 is 18.7 Å². The van der Waals surface area contributed by atoms with Gasteiger partial charge in [-0.25, -0.2) is 4.98 Å². The second kappa shape index (κ2) is 7.39. The molecule has 1 amide bonds. The number of nitrogen functional groups attached to an aromatic ring is 1. The third kappa shape index (κ3) is 4.19. The summed E-state index contributed by atoms with van der Waals surface area (Å²) in [7, 11) is 1.90. The first-order valence-electron chi connectivity index (χ1n) is 8.34. The van der Waals surface area contributed by atoms with Crippen molar-refractivity contribution in [2.24, 2.45) is 5.73 Å². The number of rotatable bonds is 5. The number of pyridine rings is 1. The lowest BCUT2D eigenvalue weighted by Crippen LogP contribution is -2.41. The monoisotopic (exact) mass is 403 g/mol. The number of primary amides is 1. The third-order valence-corrected chi connectivity index (χ3v) is 5.61. The number of hydrogen-bond donors (Lipinski definition) is 3. The lowest BCUT2D eigenvalue weighted by atomic mass is 10.1. The summed E-state index contributed by atoms with van der Waals surface area (Å²) < 4.78 is 43.0. The molecule has 1 saturated heterocycles. The van der Waals surface area contributed by atoms with Crippen LogP contribution in [0.4, 0.5) is 24.7 Å². The number of carbonyl (C=O) groups is 1. The number of amides is 1. The van der Waals surface area contributed by atoms with Crippen molar-refractivity contribution in [1.29, 1.82) is 0 Å². The number of piperidine rings is 1. The molecule has 7 nitrogen and oxygen atoms in total. The topological polar surface area (TPSA) is 106 Å². The first kappa shape index (κ1) is 19.5. The van der Waals surface area contributed by atoms with Crippen LogP contribution in [0.1, 0.15) is 22.5 Å². The van der Waals surface area contributed by atoms with Crippen LogP contribution in [0.5, 0.6) is 5.75 Å². The van der Waals surface area contributed by atoms with Crippen LogP contribution >= 0.6 is 11.3 Å². The SMILES string of the molecule is CNC1CCN(c2cc(OCC(F)(F)F)c3c(N)c(C(N)=O)sc3n2)CC1. The molecule has 0 bridgehead atoms. The Morgan fingerprint density at radius 1 is 1.44 bits per heavy atom. The first-order valence-corrected chi connectivity index (χ1v) is 9.16. The van der Waals surface area contributed by atoms with Crippen LogP contribution in [0.15, 0.2) is 6.07 Å². The van der Waals surface area contributed by atoms with Crippen molar-refractivity contribution in [2.45, 2.75) is 25.1 Å². The molecule has 0 atom stereocenters. The number of nitrogens with one attached hydrogen (secondary N) is 1. The molecule has 2 aromatic heterocycles. The van der Waals surface area contributed by atoms with Gasteiger partial charge in [-0.2, -0.15) is 13.2 Å². The molecule has 0 unspecified atom stereocenters. The van der Waals surface area contributed by atoms with Crippen molar-refractivity contribution in [3.63, 3.8) is 0 Å². The van der Waals surface area contributed by atoms with Gasteiger partial charge in [0.1, 0.15) is 21.3 Å². The highest BCUT2D eigenvalue weighted by atomic mass is 32.1. The molecule has 11 heteroatoms. The molecule has 0 aromatic carbocycles. The zero-order valence-corrected chi connectivity index (χ0v) is 15.4. The van der Waals surface area contributed by atoms with E-state index in [2.05, 4.69) is 10.3 Å². The molecule has 3 heterocycles. The molecule has 2 aromatic rings. The average Bonchev–Trinajstić information content (AvgIpc) is 2.96. The number of hydrogen-bond acceptors (Lipinski definition) is 7. The second-order valence-electron chi connectivity index (χ2n) is 6.32. The van der Waals surface area contributed by atoms with E-state index in [1.54, 1.807) is 0 Å². The van der Waals surface area contributed by atoms with Gasteiger partial charge in [-0.3, -0.25) is 4.79 Å². The van der Waals surface area contributed by atoms with Crippen LogP contribution in [-0.4, -0.2) is 49.9 Å². The van der Waals surface area contributed by atoms with Crippen molar-refractivity contribution in [2.75, 3.05) is 37.4 Å². The second-order valence-corrected chi connectivity index (χ2v) is 7.32. The molecule has 0 spiro atoms. The summed E-state index contributed by atoms with van der Waals surface area (Å²) in [4.78, 5) is 18.4. The zero-order valence-electron chi connectivity index (χ0n) is 14.6. The Labute approximate surface area is 157 Å². The lowest BCUT2D eigenvalue weighted by Gasteiger charge is -2.32. The van der Waals surface area contributed by atoms with Crippen molar-refractivity contribution < 1.29 is 22.7 Å². The summed E-state index contributed by atoms with van der Waals surface area (Å²) in [5, 5.41) is 3.40. The smallest absolute Gasteiger partial charge is 0.422 e. The van der Waals surface area contributed by atoms with Crippen LogP contribution in [0.3, 0.4) is 0 Å². The predicted octanol–water partition coefficient (Wildman–Crippen LogP) is 2.11. The summed E-state index contributed by atoms with van der Waals surface area (Å²) in [6, 6.07) is 1.84. The molecule has 148 valence electrons. The van der Waals surface area contributed by atoms with Gasteiger partial charge in [0, 0.05) is 25.2 Å². The van der Waals surface area contributed by atoms with E-state index in [1.807, 2.05) is 11.9 Å². The summed E-state index contributed by atoms with van der Waals surface area (Å²) >= 11 is 0.952. The number of fused-ring (bicyclic) bond motifs is 1. The van der Waals surface area contributed by atoms with Gasteiger partial charge in [-0.05, 0) is 19.9 Å². The van der Waals surface area contributed by atoms with Crippen LogP contribution in [0.25, 0.3) is 10.2 Å². The maximum absolute atomic E-state index is 12.7. The van der Waals surface area contributed by atoms with Gasteiger partial charge < -0.3 is 26.4 Å². The van der Waals surface area contributed by atoms with Gasteiger partial charge in [-0.15, -0.1) is 11.3 Å². The number of thiophene rings is 1. The number of aromatic nitrogens is 1. The summed E-state index contributed by atoms with van der Waals surface area (Å²) in [5.41, 5.74) is 11.2. The van der Waals surface area contributed by atoms with E-state index >= 15 is 0 Å². The van der Waals surface area contributed by atoms with Crippen LogP contribution in [-0.2, 0) is 0 Å². The highest BCUT2D eigenvalue weighted by molar-refractivity contribution is 7.21. The van der Waals surface area contributed by atoms with Gasteiger partial charge in [-0.1, -0.05) is 0 Å². The number of ether oxygens (including phenoxy) is 1. The minimum Gasteiger partial charge on any atom is -0.483 e. The molecular formula is C16H20F3N5O2S. The quantitative estimate of drug-likeness (QED) is 0.706. The fraction of sp³-hybridized carbons (Fsp3) is 0.500. The lowest BCUT2D eigenvalue weighted by molar-refractivity contribution is -0.153. The Bertz CT molecular complexity index is 847. The fourth-order valence-electron chi connectivity index (χ4n) is 3.09. The maximum atomic E-state index is 12.7. The first-order chi connectivity index (χ1) is 12.7. The van der Waals surface area contributed by atoms with E-state index in [0.717, 1.165) is 24.2 Å². The molecule has 0 aliphatic carbocycles. The molecule has 1 aliphatic rings. The van der Waals surface area contributed by atoms with Gasteiger partial charge in [0.25, 0.3) is 5.91 Å². The average molecular weight is 403 g/mol. The number of alkyl halides is 3. The summed E-state index contributed by atoms with van der Waals surface area (Å²) in [5.74, 6) is -0.315.